The number of nitrogens with zero attached hydrogens (tertiary/aromatic N) is 1. The Hall–Kier alpha value is -3.30. The number of ether oxygens (including phenoxy) is 2. The largest absolute Gasteiger partial charge is 0.466 e. The second-order valence-electron chi connectivity index (χ2n) is 7.07. The van der Waals surface area contributed by atoms with Gasteiger partial charge in [0.05, 0.1) is 36.8 Å². The number of carbonyl (C=O) groups is 3. The van der Waals surface area contributed by atoms with Gasteiger partial charge in [-0.3, -0.25) is 9.78 Å². The van der Waals surface area contributed by atoms with Crippen LogP contribution in [0.1, 0.15) is 28.8 Å². The fourth-order valence-corrected chi connectivity index (χ4v) is 4.13. The van der Waals surface area contributed by atoms with Crippen LogP contribution in [0.2, 0.25) is 5.02 Å². The Balaban J connectivity index is 0.000000379. The van der Waals surface area contributed by atoms with Crippen molar-refractivity contribution in [2.24, 2.45) is 5.73 Å². The van der Waals surface area contributed by atoms with Crippen molar-refractivity contribution in [3.63, 3.8) is 0 Å². The van der Waals surface area contributed by atoms with E-state index >= 15 is 0 Å². The van der Waals surface area contributed by atoms with E-state index < -0.39 is 23.8 Å². The number of benzene rings is 1. The third-order valence-electron chi connectivity index (χ3n) is 4.87. The first-order chi connectivity index (χ1) is 16.2. The molecule has 0 spiro atoms. The van der Waals surface area contributed by atoms with Crippen LogP contribution in [0.15, 0.2) is 71.3 Å². The molecule has 0 aliphatic carbocycles. The van der Waals surface area contributed by atoms with E-state index in [-0.39, 0.29) is 0 Å². The molecule has 180 valence electrons. The van der Waals surface area contributed by atoms with Crippen molar-refractivity contribution in [3.05, 3.63) is 87.5 Å². The zero-order valence-corrected chi connectivity index (χ0v) is 20.8. The molecule has 0 saturated carbocycles. The van der Waals surface area contributed by atoms with Gasteiger partial charge in [0.1, 0.15) is 0 Å². The van der Waals surface area contributed by atoms with Crippen molar-refractivity contribution >= 4 is 41.2 Å². The Morgan fingerprint density at radius 3 is 2.29 bits per heavy atom. The van der Waals surface area contributed by atoms with Crippen LogP contribution in [0, 0.1) is 0 Å². The van der Waals surface area contributed by atoms with Crippen LogP contribution >= 0.6 is 23.4 Å². The second kappa shape index (κ2) is 12.8. The van der Waals surface area contributed by atoms with E-state index in [1.54, 1.807) is 55.2 Å². The maximum Gasteiger partial charge on any atom is 0.336 e. The van der Waals surface area contributed by atoms with Crippen LogP contribution in [-0.4, -0.2) is 49.1 Å². The molecular formula is C24H26ClN3O5S. The molecule has 0 bridgehead atoms. The number of hydrogen-bond donors (Lipinski definition) is 2. The molecule has 2 aromatic rings. The number of rotatable bonds is 6. The van der Waals surface area contributed by atoms with Gasteiger partial charge in [-0.25, -0.2) is 9.59 Å². The number of nitrogens with two attached hydrogens (primary N) is 1. The molecule has 0 saturated heterocycles. The maximum atomic E-state index is 12.5. The number of allylic oxidation sites excluding steroid dienone is 1. The quantitative estimate of drug-likeness (QED) is 0.575. The van der Waals surface area contributed by atoms with Crippen LogP contribution in [0.5, 0.6) is 0 Å². The number of thioether (sulfide) groups is 1. The Bertz CT molecular complexity index is 1120. The molecule has 8 nitrogen and oxygen atoms in total. The van der Waals surface area contributed by atoms with Crippen molar-refractivity contribution in [2.75, 3.05) is 26.2 Å². The third kappa shape index (κ3) is 6.61. The molecule has 0 radical (unpaired) electrons. The number of esters is 2. The van der Waals surface area contributed by atoms with Gasteiger partial charge < -0.3 is 20.5 Å². The maximum absolute atomic E-state index is 12.5. The first-order valence-corrected chi connectivity index (χ1v) is 11.8. The molecule has 3 rings (SSSR count). The van der Waals surface area contributed by atoms with E-state index in [2.05, 4.69) is 10.3 Å². The normalized spacial score (nSPS) is 15.0. The monoisotopic (exact) mass is 503 g/mol. The zero-order valence-electron chi connectivity index (χ0n) is 19.3. The summed E-state index contributed by atoms with van der Waals surface area (Å²) < 4.78 is 9.94. The highest BCUT2D eigenvalue weighted by Crippen LogP contribution is 2.40. The van der Waals surface area contributed by atoms with Gasteiger partial charge in [-0.15, -0.1) is 0 Å². The van der Waals surface area contributed by atoms with E-state index in [9.17, 15) is 14.4 Å². The van der Waals surface area contributed by atoms with Crippen molar-refractivity contribution in [1.82, 2.24) is 10.3 Å². The summed E-state index contributed by atoms with van der Waals surface area (Å²) in [4.78, 5) is 39.1. The minimum atomic E-state index is -0.609. The Kier molecular flexibility index (Phi) is 10.2. The minimum Gasteiger partial charge on any atom is -0.466 e. The van der Waals surface area contributed by atoms with Gasteiger partial charge in [-0.05, 0) is 43.0 Å². The number of carbonyl (C=O) groups excluding carboxylic acids is 3. The molecule has 1 aliphatic rings. The van der Waals surface area contributed by atoms with E-state index in [1.165, 1.54) is 20.4 Å². The van der Waals surface area contributed by atoms with Gasteiger partial charge in [-0.2, -0.15) is 11.8 Å². The molecule has 2 heterocycles. The summed E-state index contributed by atoms with van der Waals surface area (Å²) in [6.45, 7) is 1.79. The number of primary amides is 1. The minimum absolute atomic E-state index is 0.370. The van der Waals surface area contributed by atoms with Crippen LogP contribution in [0.3, 0.4) is 0 Å². The summed E-state index contributed by atoms with van der Waals surface area (Å²) in [5, 5.41) is 3.69. The summed E-state index contributed by atoms with van der Waals surface area (Å²) in [5.41, 5.74) is 8.23. The lowest BCUT2D eigenvalue weighted by Crippen LogP contribution is -2.33. The highest BCUT2D eigenvalue weighted by atomic mass is 35.5. The summed E-state index contributed by atoms with van der Waals surface area (Å²) in [6.07, 6.45) is 4.96. The fraction of sp³-hybridized carbons (Fsp3) is 0.250. The van der Waals surface area contributed by atoms with Gasteiger partial charge in [0.15, 0.2) is 0 Å². The van der Waals surface area contributed by atoms with Crippen molar-refractivity contribution < 1.29 is 23.9 Å². The van der Waals surface area contributed by atoms with Crippen LogP contribution in [0.25, 0.3) is 0 Å². The number of dihydropyridines is 1. The van der Waals surface area contributed by atoms with Crippen molar-refractivity contribution in [3.8, 4) is 0 Å². The predicted molar refractivity (Wildman–Crippen MR) is 132 cm³/mol. The molecule has 1 aromatic carbocycles. The smallest absolute Gasteiger partial charge is 0.336 e. The molecule has 1 unspecified atom stereocenters. The lowest BCUT2D eigenvalue weighted by molar-refractivity contribution is -0.137. The number of aromatic nitrogens is 1. The highest BCUT2D eigenvalue weighted by Gasteiger charge is 2.38. The van der Waals surface area contributed by atoms with Gasteiger partial charge in [-0.1, -0.05) is 23.7 Å². The molecule has 34 heavy (non-hydrogen) atoms. The van der Waals surface area contributed by atoms with Crippen LogP contribution in [0.4, 0.5) is 0 Å². The Labute approximate surface area is 207 Å². The van der Waals surface area contributed by atoms with E-state index in [0.29, 0.717) is 33.2 Å². The molecule has 1 aromatic heterocycles. The van der Waals surface area contributed by atoms with Crippen LogP contribution in [-0.2, 0) is 19.1 Å². The number of amides is 1. The molecule has 1 aliphatic heterocycles. The molecular weight excluding hydrogens is 478 g/mol. The summed E-state index contributed by atoms with van der Waals surface area (Å²) >= 11 is 7.70. The van der Waals surface area contributed by atoms with E-state index in [4.69, 9.17) is 26.8 Å². The van der Waals surface area contributed by atoms with Crippen LogP contribution < -0.4 is 11.1 Å². The summed E-state index contributed by atoms with van der Waals surface area (Å²) in [5.74, 6) is -1.46. The third-order valence-corrected chi connectivity index (χ3v) is 5.68. The van der Waals surface area contributed by atoms with E-state index in [0.717, 1.165) is 11.3 Å². The van der Waals surface area contributed by atoms with Gasteiger partial charge in [0.2, 0.25) is 5.91 Å². The van der Waals surface area contributed by atoms with Crippen molar-refractivity contribution in [1.29, 1.82) is 0 Å². The molecule has 10 heteroatoms. The standard InChI is InChI=1S/C18H20ClNO4S.C6H6N2O/c1-10-14(17(21)23-2)15(11-6-5-7-12(19)8-11)16(18(22)24-3)13(20-10)9-25-4;7-6(9)5-2-1-3-8-4-5/h5-8,15,20H,9H2,1-4H3;1-4H,(H2,7,9). The number of methoxy groups -OCH3 is 2. The second-order valence-corrected chi connectivity index (χ2v) is 8.37. The summed E-state index contributed by atoms with van der Waals surface area (Å²) in [7, 11) is 2.64. The lowest BCUT2D eigenvalue weighted by atomic mass is 9.80. The van der Waals surface area contributed by atoms with E-state index in [1.807, 2.05) is 12.3 Å². The van der Waals surface area contributed by atoms with Crippen molar-refractivity contribution in [2.45, 2.75) is 12.8 Å². The number of nitrogens with one attached hydrogen (secondary N) is 1. The van der Waals surface area contributed by atoms with Gasteiger partial charge >= 0.3 is 11.9 Å². The average molecular weight is 504 g/mol. The Morgan fingerprint density at radius 2 is 1.79 bits per heavy atom. The highest BCUT2D eigenvalue weighted by molar-refractivity contribution is 7.98. The first-order valence-electron chi connectivity index (χ1n) is 10.1. The number of pyridine rings is 1. The zero-order chi connectivity index (χ0) is 25.3. The SMILES string of the molecule is COC(=O)C1=C(C)NC(CSC)=C(C(=O)OC)C1c1cccc(Cl)c1.NC(=O)c1cccnc1. The summed E-state index contributed by atoms with van der Waals surface area (Å²) in [6, 6.07) is 10.4. The number of hydrogen-bond acceptors (Lipinski definition) is 8. The predicted octanol–water partition coefficient (Wildman–Crippen LogP) is 3.44. The molecule has 1 amide bonds. The number of halogens is 1. The average Bonchev–Trinajstić information content (AvgIpc) is 2.84. The Morgan fingerprint density at radius 1 is 1.12 bits per heavy atom. The van der Waals surface area contributed by atoms with Gasteiger partial charge in [0, 0.05) is 34.6 Å². The topological polar surface area (TPSA) is 121 Å². The molecule has 0 fully saturated rings. The first kappa shape index (κ1) is 26.9. The fourth-order valence-electron chi connectivity index (χ4n) is 3.41. The lowest BCUT2D eigenvalue weighted by Gasteiger charge is -2.31. The molecule has 3 N–H and O–H groups in total. The molecule has 1 atom stereocenters. The van der Waals surface area contributed by atoms with Gasteiger partial charge in [0.25, 0.3) is 0 Å².